The van der Waals surface area contributed by atoms with Crippen molar-refractivity contribution in [3.8, 4) is 0 Å². The maximum Gasteiger partial charge on any atom is 0.352 e. The minimum atomic E-state index is -1.43. The van der Waals surface area contributed by atoms with Crippen molar-refractivity contribution in [2.45, 2.75) is 0 Å². The highest BCUT2D eigenvalue weighted by molar-refractivity contribution is 5.94. The molecule has 0 unspecified atom stereocenters. The summed E-state index contributed by atoms with van der Waals surface area (Å²) in [5, 5.41) is 9.30. The topological polar surface area (TPSA) is 100 Å². The van der Waals surface area contributed by atoms with Crippen molar-refractivity contribution in [2.24, 2.45) is 0 Å². The Bertz CT molecular complexity index is 935. The normalized spacial score (nSPS) is 10.9. The molecular weight excluding hydrogens is 250 g/mol. The van der Waals surface area contributed by atoms with E-state index < -0.39 is 17.2 Å². The van der Waals surface area contributed by atoms with Gasteiger partial charge in [0, 0.05) is 5.39 Å². The second kappa shape index (κ2) is 3.81. The number of benzene rings is 1. The number of hydrogen-bond acceptors (Lipinski definition) is 4. The summed E-state index contributed by atoms with van der Waals surface area (Å²) in [5.41, 5.74) is -1.44. The van der Waals surface area contributed by atoms with Gasteiger partial charge >= 0.3 is 11.6 Å². The molecule has 0 radical (unpaired) electrons. The molecule has 3 rings (SSSR count). The zero-order valence-electron chi connectivity index (χ0n) is 9.47. The van der Waals surface area contributed by atoms with Crippen molar-refractivity contribution in [3.63, 3.8) is 0 Å². The number of aromatic carboxylic acids is 1. The van der Waals surface area contributed by atoms with E-state index in [0.29, 0.717) is 10.9 Å². The van der Waals surface area contributed by atoms with Gasteiger partial charge in [0.1, 0.15) is 5.56 Å². The van der Waals surface area contributed by atoms with E-state index in [9.17, 15) is 14.4 Å². The Balaban J connectivity index is 2.56. The van der Waals surface area contributed by atoms with Crippen molar-refractivity contribution < 1.29 is 14.3 Å². The number of carboxylic acid groups (broad SMARTS) is 1. The summed E-state index contributed by atoms with van der Waals surface area (Å²) < 4.78 is 4.85. The van der Waals surface area contributed by atoms with Gasteiger partial charge in [0.2, 0.25) is 11.1 Å². The van der Waals surface area contributed by atoms with Crippen LogP contribution < -0.4 is 11.1 Å². The molecule has 94 valence electrons. The number of carboxylic acids is 1. The van der Waals surface area contributed by atoms with Gasteiger partial charge in [0.15, 0.2) is 0 Å². The van der Waals surface area contributed by atoms with E-state index in [1.807, 2.05) is 0 Å². The highest BCUT2D eigenvalue weighted by atomic mass is 16.4. The summed E-state index contributed by atoms with van der Waals surface area (Å²) >= 11 is 0. The van der Waals surface area contributed by atoms with Crippen molar-refractivity contribution in [2.75, 3.05) is 0 Å². The largest absolute Gasteiger partial charge is 0.477 e. The van der Waals surface area contributed by atoms with Crippen LogP contribution in [0.1, 0.15) is 10.4 Å². The quantitative estimate of drug-likeness (QED) is 0.640. The summed E-state index contributed by atoms with van der Waals surface area (Å²) in [7, 11) is 0. The standard InChI is InChI=1S/C13H7NO5/c15-10-6-3-1-2-4-9(6)14-11-7(10)5-8(12(16)17)13(18)19-11/h1-5H,(H,14,15)(H,16,17). The second-order valence-corrected chi connectivity index (χ2v) is 4.00. The number of nitrogens with one attached hydrogen (secondary N) is 1. The molecule has 2 N–H and O–H groups in total. The van der Waals surface area contributed by atoms with E-state index in [4.69, 9.17) is 9.52 Å². The molecule has 0 aliphatic carbocycles. The highest BCUT2D eigenvalue weighted by Crippen LogP contribution is 2.13. The van der Waals surface area contributed by atoms with Crippen LogP contribution in [0.2, 0.25) is 0 Å². The molecule has 6 heteroatoms. The molecule has 0 aliphatic rings. The fourth-order valence-corrected chi connectivity index (χ4v) is 1.94. The predicted molar refractivity (Wildman–Crippen MR) is 67.6 cm³/mol. The van der Waals surface area contributed by atoms with E-state index in [2.05, 4.69) is 4.98 Å². The van der Waals surface area contributed by atoms with E-state index in [1.165, 1.54) is 0 Å². The number of carbonyl (C=O) groups is 1. The molecule has 0 atom stereocenters. The van der Waals surface area contributed by atoms with Crippen LogP contribution in [0.3, 0.4) is 0 Å². The fourth-order valence-electron chi connectivity index (χ4n) is 1.94. The number of aromatic nitrogens is 1. The first-order valence-corrected chi connectivity index (χ1v) is 5.40. The van der Waals surface area contributed by atoms with Gasteiger partial charge < -0.3 is 14.5 Å². The molecule has 2 heterocycles. The number of fused-ring (bicyclic) bond motifs is 2. The molecule has 0 fully saturated rings. The van der Waals surface area contributed by atoms with E-state index >= 15 is 0 Å². The van der Waals surface area contributed by atoms with E-state index in [0.717, 1.165) is 6.07 Å². The molecule has 19 heavy (non-hydrogen) atoms. The van der Waals surface area contributed by atoms with Gasteiger partial charge in [0.05, 0.1) is 10.9 Å². The number of para-hydroxylation sites is 1. The van der Waals surface area contributed by atoms with Crippen molar-refractivity contribution >= 4 is 28.0 Å². The lowest BCUT2D eigenvalue weighted by atomic mass is 10.1. The van der Waals surface area contributed by atoms with Crippen LogP contribution >= 0.6 is 0 Å². The summed E-state index contributed by atoms with van der Waals surface area (Å²) in [6.07, 6.45) is 0. The van der Waals surface area contributed by atoms with E-state index in [1.54, 1.807) is 24.3 Å². The number of hydrogen-bond donors (Lipinski definition) is 2. The molecule has 0 saturated carbocycles. The fraction of sp³-hybridized carbons (Fsp3) is 0. The molecule has 0 saturated heterocycles. The molecule has 3 aromatic rings. The molecule has 2 aromatic heterocycles. The third-order valence-electron chi connectivity index (χ3n) is 2.84. The Hall–Kier alpha value is -2.89. The molecule has 6 nitrogen and oxygen atoms in total. The zero-order valence-corrected chi connectivity index (χ0v) is 9.47. The maximum atomic E-state index is 12.2. The number of rotatable bonds is 1. The molecule has 0 bridgehead atoms. The van der Waals surface area contributed by atoms with Crippen LogP contribution in [0.15, 0.2) is 44.3 Å². The highest BCUT2D eigenvalue weighted by Gasteiger charge is 2.15. The number of pyridine rings is 1. The summed E-state index contributed by atoms with van der Waals surface area (Å²) in [6, 6.07) is 7.74. The minimum Gasteiger partial charge on any atom is -0.477 e. The smallest absolute Gasteiger partial charge is 0.352 e. The average molecular weight is 257 g/mol. The first-order chi connectivity index (χ1) is 9.08. The van der Waals surface area contributed by atoms with Crippen LogP contribution in [-0.4, -0.2) is 16.1 Å². The lowest BCUT2D eigenvalue weighted by Gasteiger charge is -2.01. The molecule has 0 aliphatic heterocycles. The second-order valence-electron chi connectivity index (χ2n) is 4.00. The Labute approximate surface area is 104 Å². The van der Waals surface area contributed by atoms with Gasteiger partial charge in [0.25, 0.3) is 0 Å². The molecule has 1 aromatic carbocycles. The molecule has 0 spiro atoms. The SMILES string of the molecule is O=C(O)c1cc2c(=O)c3ccccc3[nH]c2oc1=O. The van der Waals surface area contributed by atoms with Gasteiger partial charge in [-0.05, 0) is 18.2 Å². The minimum absolute atomic E-state index is 0.0290. The summed E-state index contributed by atoms with van der Waals surface area (Å²) in [5.74, 6) is -1.43. The third-order valence-corrected chi connectivity index (χ3v) is 2.84. The molecular formula is C13H7NO5. The van der Waals surface area contributed by atoms with Crippen LogP contribution in [0.4, 0.5) is 0 Å². The van der Waals surface area contributed by atoms with Crippen LogP contribution in [0.25, 0.3) is 22.0 Å². The maximum absolute atomic E-state index is 12.2. The van der Waals surface area contributed by atoms with E-state index in [-0.39, 0.29) is 16.5 Å². The Morgan fingerprint density at radius 2 is 1.89 bits per heavy atom. The predicted octanol–water partition coefficient (Wildman–Crippen LogP) is 1.33. The summed E-state index contributed by atoms with van der Waals surface area (Å²) in [4.78, 5) is 37.3. The van der Waals surface area contributed by atoms with Gasteiger partial charge in [-0.1, -0.05) is 12.1 Å². The van der Waals surface area contributed by atoms with Crippen LogP contribution in [0, 0.1) is 0 Å². The average Bonchev–Trinajstić information content (AvgIpc) is 2.38. The van der Waals surface area contributed by atoms with Crippen LogP contribution in [-0.2, 0) is 0 Å². The lowest BCUT2D eigenvalue weighted by Crippen LogP contribution is -2.16. The zero-order chi connectivity index (χ0) is 13.6. The number of H-pyrrole nitrogens is 1. The molecule has 0 amide bonds. The van der Waals surface area contributed by atoms with Gasteiger partial charge in [-0.15, -0.1) is 0 Å². The Kier molecular flexibility index (Phi) is 2.25. The van der Waals surface area contributed by atoms with Gasteiger partial charge in [-0.3, -0.25) is 4.79 Å². The van der Waals surface area contributed by atoms with Gasteiger partial charge in [-0.25, -0.2) is 9.59 Å². The first-order valence-electron chi connectivity index (χ1n) is 5.40. The third kappa shape index (κ3) is 1.61. The van der Waals surface area contributed by atoms with Crippen molar-refractivity contribution in [1.82, 2.24) is 4.98 Å². The summed E-state index contributed by atoms with van der Waals surface area (Å²) in [6.45, 7) is 0. The number of aromatic amines is 1. The monoisotopic (exact) mass is 257 g/mol. The lowest BCUT2D eigenvalue weighted by molar-refractivity contribution is 0.0692. The Morgan fingerprint density at radius 3 is 2.63 bits per heavy atom. The Morgan fingerprint density at radius 1 is 1.16 bits per heavy atom. The van der Waals surface area contributed by atoms with Gasteiger partial charge in [-0.2, -0.15) is 0 Å². The van der Waals surface area contributed by atoms with Crippen LogP contribution in [0.5, 0.6) is 0 Å². The first kappa shape index (κ1) is 11.2. The van der Waals surface area contributed by atoms with Crippen molar-refractivity contribution in [3.05, 3.63) is 56.5 Å². The van der Waals surface area contributed by atoms with Crippen molar-refractivity contribution in [1.29, 1.82) is 0 Å².